The third-order valence-electron chi connectivity index (χ3n) is 4.03. The first-order valence-electron chi connectivity index (χ1n) is 8.51. The summed E-state index contributed by atoms with van der Waals surface area (Å²) in [5, 5.41) is 0. The SMILES string of the molecule is CS(=O)(=O)Cc1ccc(C(=O)Oc2ccccc2Cc2ccccc2)cc1. The van der Waals surface area contributed by atoms with Crippen LogP contribution in [0.4, 0.5) is 0 Å². The molecule has 0 fully saturated rings. The molecule has 0 aromatic heterocycles. The standard InChI is InChI=1S/C22H20O4S/c1-27(24,25)16-18-11-13-19(14-12-18)22(23)26-21-10-6-5-9-20(21)15-17-7-3-2-4-8-17/h2-14H,15-16H2,1H3. The van der Waals surface area contributed by atoms with Gasteiger partial charge in [0.05, 0.1) is 11.3 Å². The molecule has 0 heterocycles. The van der Waals surface area contributed by atoms with Gasteiger partial charge in [-0.1, -0.05) is 60.7 Å². The zero-order valence-electron chi connectivity index (χ0n) is 15.0. The van der Waals surface area contributed by atoms with Crippen molar-refractivity contribution in [1.82, 2.24) is 0 Å². The molecule has 0 N–H and O–H groups in total. The van der Waals surface area contributed by atoms with E-state index < -0.39 is 15.8 Å². The fourth-order valence-corrected chi connectivity index (χ4v) is 3.56. The second-order valence-corrected chi connectivity index (χ2v) is 8.57. The molecule has 0 radical (unpaired) electrons. The maximum absolute atomic E-state index is 12.5. The van der Waals surface area contributed by atoms with Crippen molar-refractivity contribution in [3.8, 4) is 5.75 Å². The monoisotopic (exact) mass is 380 g/mol. The summed E-state index contributed by atoms with van der Waals surface area (Å²) < 4.78 is 28.3. The molecule has 3 aromatic carbocycles. The molecule has 0 saturated heterocycles. The maximum Gasteiger partial charge on any atom is 0.343 e. The Labute approximate surface area is 159 Å². The topological polar surface area (TPSA) is 60.4 Å². The Morgan fingerprint density at radius 3 is 2.11 bits per heavy atom. The van der Waals surface area contributed by atoms with Crippen molar-refractivity contribution >= 4 is 15.8 Å². The zero-order chi connectivity index (χ0) is 19.3. The molecule has 0 amide bonds. The van der Waals surface area contributed by atoms with Gasteiger partial charge in [0.25, 0.3) is 0 Å². The summed E-state index contributed by atoms with van der Waals surface area (Å²) in [5.74, 6) is -0.00428. The normalized spacial score (nSPS) is 11.1. The first-order valence-corrected chi connectivity index (χ1v) is 10.6. The van der Waals surface area contributed by atoms with Gasteiger partial charge in [-0.25, -0.2) is 13.2 Å². The Kier molecular flexibility index (Phi) is 5.72. The average Bonchev–Trinajstić information content (AvgIpc) is 2.63. The van der Waals surface area contributed by atoms with E-state index in [-0.39, 0.29) is 5.75 Å². The minimum absolute atomic E-state index is 0.0533. The highest BCUT2D eigenvalue weighted by atomic mass is 32.2. The van der Waals surface area contributed by atoms with Crippen molar-refractivity contribution in [3.63, 3.8) is 0 Å². The van der Waals surface area contributed by atoms with Gasteiger partial charge in [0.15, 0.2) is 9.84 Å². The number of rotatable bonds is 6. The van der Waals surface area contributed by atoms with Crippen LogP contribution in [0.25, 0.3) is 0 Å². The van der Waals surface area contributed by atoms with Crippen LogP contribution in [-0.2, 0) is 22.0 Å². The molecule has 3 aromatic rings. The molecule has 3 rings (SSSR count). The van der Waals surface area contributed by atoms with Crippen LogP contribution < -0.4 is 4.74 Å². The summed E-state index contributed by atoms with van der Waals surface area (Å²) >= 11 is 0. The Balaban J connectivity index is 1.74. The summed E-state index contributed by atoms with van der Waals surface area (Å²) in [5.41, 5.74) is 3.07. The number of esters is 1. The predicted octanol–water partition coefficient (Wildman–Crippen LogP) is 4.04. The maximum atomic E-state index is 12.5. The van der Waals surface area contributed by atoms with Crippen LogP contribution >= 0.6 is 0 Å². The smallest absolute Gasteiger partial charge is 0.343 e. The van der Waals surface area contributed by atoms with E-state index in [0.29, 0.717) is 23.3 Å². The Bertz CT molecular complexity index is 1020. The molecule has 138 valence electrons. The molecule has 0 aliphatic carbocycles. The number of hydrogen-bond acceptors (Lipinski definition) is 4. The summed E-state index contributed by atoms with van der Waals surface area (Å²) in [6.45, 7) is 0. The number of sulfone groups is 1. The number of hydrogen-bond donors (Lipinski definition) is 0. The van der Waals surface area contributed by atoms with E-state index in [9.17, 15) is 13.2 Å². The minimum Gasteiger partial charge on any atom is -0.423 e. The molecule has 5 heteroatoms. The Morgan fingerprint density at radius 1 is 0.815 bits per heavy atom. The average molecular weight is 380 g/mol. The zero-order valence-corrected chi connectivity index (χ0v) is 15.8. The van der Waals surface area contributed by atoms with Gasteiger partial charge in [-0.2, -0.15) is 0 Å². The minimum atomic E-state index is -3.11. The Hall–Kier alpha value is -2.92. The van der Waals surface area contributed by atoms with E-state index in [1.165, 1.54) is 6.26 Å². The van der Waals surface area contributed by atoms with Crippen LogP contribution in [-0.4, -0.2) is 20.6 Å². The molecule has 0 bridgehead atoms. The molecule has 0 atom stereocenters. The van der Waals surface area contributed by atoms with Gasteiger partial charge in [0.2, 0.25) is 0 Å². The third kappa shape index (κ3) is 5.53. The number of ether oxygens (including phenoxy) is 1. The van der Waals surface area contributed by atoms with Crippen LogP contribution in [0.2, 0.25) is 0 Å². The van der Waals surface area contributed by atoms with Gasteiger partial charge in [-0.05, 0) is 34.9 Å². The lowest BCUT2D eigenvalue weighted by Crippen LogP contribution is -2.10. The summed E-state index contributed by atoms with van der Waals surface area (Å²) in [6.07, 6.45) is 1.84. The van der Waals surface area contributed by atoms with Crippen molar-refractivity contribution in [2.45, 2.75) is 12.2 Å². The van der Waals surface area contributed by atoms with Crippen molar-refractivity contribution in [2.24, 2.45) is 0 Å². The molecular weight excluding hydrogens is 360 g/mol. The van der Waals surface area contributed by atoms with Gasteiger partial charge in [-0.3, -0.25) is 0 Å². The van der Waals surface area contributed by atoms with Gasteiger partial charge >= 0.3 is 5.97 Å². The lowest BCUT2D eigenvalue weighted by molar-refractivity contribution is 0.0733. The van der Waals surface area contributed by atoms with Crippen molar-refractivity contribution in [3.05, 3.63) is 101 Å². The van der Waals surface area contributed by atoms with Gasteiger partial charge < -0.3 is 4.74 Å². The van der Waals surface area contributed by atoms with Crippen LogP contribution in [0.3, 0.4) is 0 Å². The predicted molar refractivity (Wildman–Crippen MR) is 106 cm³/mol. The highest BCUT2D eigenvalue weighted by Gasteiger charge is 2.13. The Morgan fingerprint density at radius 2 is 1.44 bits per heavy atom. The van der Waals surface area contributed by atoms with Crippen LogP contribution in [0.15, 0.2) is 78.9 Å². The fraction of sp³-hybridized carbons (Fsp3) is 0.136. The first-order chi connectivity index (χ1) is 12.9. The highest BCUT2D eigenvalue weighted by molar-refractivity contribution is 7.89. The van der Waals surface area contributed by atoms with E-state index in [0.717, 1.165) is 11.1 Å². The largest absolute Gasteiger partial charge is 0.423 e. The van der Waals surface area contributed by atoms with E-state index in [1.807, 2.05) is 48.5 Å². The van der Waals surface area contributed by atoms with Gasteiger partial charge in [0.1, 0.15) is 5.75 Å². The van der Waals surface area contributed by atoms with Crippen molar-refractivity contribution in [2.75, 3.05) is 6.26 Å². The third-order valence-corrected chi connectivity index (χ3v) is 4.89. The van der Waals surface area contributed by atoms with Crippen LogP contribution in [0.1, 0.15) is 27.0 Å². The summed E-state index contributed by atoms with van der Waals surface area (Å²) in [4.78, 5) is 12.5. The summed E-state index contributed by atoms with van der Waals surface area (Å²) in [6, 6.07) is 23.8. The van der Waals surface area contributed by atoms with E-state index in [1.54, 1.807) is 30.3 Å². The molecule has 4 nitrogen and oxygen atoms in total. The summed E-state index contributed by atoms with van der Waals surface area (Å²) in [7, 11) is -3.11. The van der Waals surface area contributed by atoms with Crippen molar-refractivity contribution in [1.29, 1.82) is 0 Å². The second kappa shape index (κ2) is 8.18. The van der Waals surface area contributed by atoms with E-state index in [2.05, 4.69) is 0 Å². The fourth-order valence-electron chi connectivity index (χ4n) is 2.76. The lowest BCUT2D eigenvalue weighted by Gasteiger charge is -2.10. The molecule has 0 aliphatic rings. The number of carbonyl (C=O) groups is 1. The van der Waals surface area contributed by atoms with Crippen LogP contribution in [0.5, 0.6) is 5.75 Å². The van der Waals surface area contributed by atoms with Gasteiger partial charge in [-0.15, -0.1) is 0 Å². The molecule has 27 heavy (non-hydrogen) atoms. The second-order valence-electron chi connectivity index (χ2n) is 6.43. The molecule has 0 unspecified atom stereocenters. The van der Waals surface area contributed by atoms with Crippen molar-refractivity contribution < 1.29 is 17.9 Å². The lowest BCUT2D eigenvalue weighted by atomic mass is 10.0. The highest BCUT2D eigenvalue weighted by Crippen LogP contribution is 2.22. The van der Waals surface area contributed by atoms with Crippen LogP contribution in [0, 0.1) is 0 Å². The molecule has 0 spiro atoms. The number of carbonyl (C=O) groups excluding carboxylic acids is 1. The van der Waals surface area contributed by atoms with Gasteiger partial charge in [0, 0.05) is 12.7 Å². The number of benzene rings is 3. The van der Waals surface area contributed by atoms with E-state index in [4.69, 9.17) is 4.74 Å². The number of para-hydroxylation sites is 1. The molecular formula is C22H20O4S. The molecule has 0 saturated carbocycles. The quantitative estimate of drug-likeness (QED) is 0.478. The molecule has 0 aliphatic heterocycles. The van der Waals surface area contributed by atoms with E-state index >= 15 is 0 Å². The first kappa shape index (κ1) is 18.9.